The molecule has 0 aliphatic carbocycles. The molecule has 3 aromatic carbocycles. The monoisotopic (exact) mass is 363 g/mol. The van der Waals surface area contributed by atoms with E-state index in [0.29, 0.717) is 11.1 Å². The van der Waals surface area contributed by atoms with Gasteiger partial charge >= 0.3 is 5.97 Å². The number of fused-ring (bicyclic) bond motifs is 1. The highest BCUT2D eigenvalue weighted by molar-refractivity contribution is 6.03. The molecule has 0 bridgehead atoms. The Kier molecular flexibility index (Phi) is 5.12. The summed E-state index contributed by atoms with van der Waals surface area (Å²) < 4.78 is 5.27. The second-order valence-corrected chi connectivity index (χ2v) is 6.49. The van der Waals surface area contributed by atoms with Gasteiger partial charge in [-0.05, 0) is 43.4 Å². The van der Waals surface area contributed by atoms with Gasteiger partial charge in [-0.15, -0.1) is 0 Å². The average molecular weight is 363 g/mol. The number of carbonyl (C=O) groups is 2. The van der Waals surface area contributed by atoms with Crippen LogP contribution < -0.4 is 5.32 Å². The summed E-state index contributed by atoms with van der Waals surface area (Å²) in [5, 5.41) is 14.5. The zero-order chi connectivity index (χ0) is 19.6. The summed E-state index contributed by atoms with van der Waals surface area (Å²) >= 11 is 0. The number of aryl methyl sites for hydroxylation is 2. The number of ether oxygens (including phenoxy) is 1. The predicted octanol–water partition coefficient (Wildman–Crippen LogP) is 4.35. The molecule has 0 aromatic heterocycles. The maximum atomic E-state index is 12.4. The van der Waals surface area contributed by atoms with Gasteiger partial charge in [0.1, 0.15) is 11.3 Å². The molecule has 138 valence electrons. The molecule has 1 atom stereocenters. The van der Waals surface area contributed by atoms with Crippen LogP contribution in [-0.4, -0.2) is 23.1 Å². The highest BCUT2D eigenvalue weighted by Gasteiger charge is 2.22. The average Bonchev–Trinajstić information content (AvgIpc) is 2.65. The Hall–Kier alpha value is -3.34. The lowest BCUT2D eigenvalue weighted by atomic mass is 10.1. The molecule has 0 radical (unpaired) electrons. The number of anilines is 1. The number of phenolic OH excluding ortho intramolecular Hbond substituents is 1. The van der Waals surface area contributed by atoms with E-state index in [0.717, 1.165) is 16.5 Å². The lowest BCUT2D eigenvalue weighted by molar-refractivity contribution is -0.123. The topological polar surface area (TPSA) is 75.6 Å². The molecule has 0 spiro atoms. The number of esters is 1. The fraction of sp³-hybridized carbons (Fsp3) is 0.182. The summed E-state index contributed by atoms with van der Waals surface area (Å²) in [6.07, 6.45) is -1.01. The van der Waals surface area contributed by atoms with Crippen LogP contribution in [0.1, 0.15) is 28.4 Å². The van der Waals surface area contributed by atoms with Crippen molar-refractivity contribution >= 4 is 28.3 Å². The van der Waals surface area contributed by atoms with Crippen LogP contribution in [0.2, 0.25) is 0 Å². The highest BCUT2D eigenvalue weighted by atomic mass is 16.5. The molecule has 0 saturated heterocycles. The standard InChI is InChI=1S/C22H21NO4/c1-13-7-6-8-14(2)19(13)23-21(25)15(3)27-22(26)18-12-11-16-9-4-5-10-17(16)20(18)24/h4-12,15,24H,1-3H3,(H,23,25)/t15-/m0/s1. The van der Waals surface area contributed by atoms with Crippen LogP contribution in [0.5, 0.6) is 5.75 Å². The predicted molar refractivity (Wildman–Crippen MR) is 105 cm³/mol. The smallest absolute Gasteiger partial charge is 0.342 e. The fourth-order valence-electron chi connectivity index (χ4n) is 2.93. The maximum Gasteiger partial charge on any atom is 0.342 e. The SMILES string of the molecule is Cc1cccc(C)c1NC(=O)[C@H](C)OC(=O)c1ccc2ccccc2c1O. The first-order chi connectivity index (χ1) is 12.9. The van der Waals surface area contributed by atoms with E-state index in [1.165, 1.54) is 13.0 Å². The number of amides is 1. The Morgan fingerprint density at radius 3 is 2.33 bits per heavy atom. The summed E-state index contributed by atoms with van der Waals surface area (Å²) in [6.45, 7) is 5.29. The third kappa shape index (κ3) is 3.77. The number of hydrogen-bond donors (Lipinski definition) is 2. The molecule has 1 amide bonds. The van der Waals surface area contributed by atoms with Crippen molar-refractivity contribution in [3.63, 3.8) is 0 Å². The molecule has 0 heterocycles. The summed E-state index contributed by atoms with van der Waals surface area (Å²) in [4.78, 5) is 24.9. The number of aromatic hydroxyl groups is 1. The molecule has 27 heavy (non-hydrogen) atoms. The first kappa shape index (κ1) is 18.5. The van der Waals surface area contributed by atoms with Crippen LogP contribution in [0.25, 0.3) is 10.8 Å². The second-order valence-electron chi connectivity index (χ2n) is 6.49. The quantitative estimate of drug-likeness (QED) is 0.676. The van der Waals surface area contributed by atoms with Gasteiger partial charge in [0.2, 0.25) is 0 Å². The van der Waals surface area contributed by atoms with Crippen molar-refractivity contribution in [1.29, 1.82) is 0 Å². The normalized spacial score (nSPS) is 11.8. The Morgan fingerprint density at radius 1 is 0.963 bits per heavy atom. The van der Waals surface area contributed by atoms with Crippen LogP contribution >= 0.6 is 0 Å². The molecule has 0 aliphatic heterocycles. The minimum absolute atomic E-state index is 0.0282. The molecule has 5 heteroatoms. The second kappa shape index (κ2) is 7.50. The van der Waals surface area contributed by atoms with Crippen molar-refractivity contribution in [2.45, 2.75) is 26.9 Å². The zero-order valence-electron chi connectivity index (χ0n) is 15.4. The largest absolute Gasteiger partial charge is 0.506 e. The molecule has 0 fully saturated rings. The summed E-state index contributed by atoms with van der Waals surface area (Å²) in [7, 11) is 0. The van der Waals surface area contributed by atoms with E-state index >= 15 is 0 Å². The third-order valence-corrected chi connectivity index (χ3v) is 4.50. The van der Waals surface area contributed by atoms with E-state index in [1.54, 1.807) is 18.2 Å². The molecular weight excluding hydrogens is 342 g/mol. The molecule has 0 unspecified atom stereocenters. The third-order valence-electron chi connectivity index (χ3n) is 4.50. The number of para-hydroxylation sites is 1. The summed E-state index contributed by atoms with van der Waals surface area (Å²) in [5.74, 6) is -1.33. The number of benzene rings is 3. The number of phenols is 1. The lowest BCUT2D eigenvalue weighted by Gasteiger charge is -2.16. The Morgan fingerprint density at radius 2 is 1.63 bits per heavy atom. The van der Waals surface area contributed by atoms with Crippen molar-refractivity contribution in [3.05, 3.63) is 71.3 Å². The maximum absolute atomic E-state index is 12.4. The van der Waals surface area contributed by atoms with E-state index in [9.17, 15) is 14.7 Å². The first-order valence-corrected chi connectivity index (χ1v) is 8.67. The van der Waals surface area contributed by atoms with Crippen molar-refractivity contribution < 1.29 is 19.4 Å². The van der Waals surface area contributed by atoms with Gasteiger partial charge in [0.15, 0.2) is 6.10 Å². The van der Waals surface area contributed by atoms with E-state index in [4.69, 9.17) is 4.74 Å². The van der Waals surface area contributed by atoms with Gasteiger partial charge in [-0.2, -0.15) is 0 Å². The zero-order valence-corrected chi connectivity index (χ0v) is 15.4. The van der Waals surface area contributed by atoms with E-state index < -0.39 is 18.0 Å². The van der Waals surface area contributed by atoms with Crippen LogP contribution in [0.3, 0.4) is 0 Å². The van der Waals surface area contributed by atoms with Gasteiger partial charge in [0.05, 0.1) is 0 Å². The highest BCUT2D eigenvalue weighted by Crippen LogP contribution is 2.29. The van der Waals surface area contributed by atoms with Gasteiger partial charge in [-0.1, -0.05) is 48.5 Å². The van der Waals surface area contributed by atoms with E-state index in [2.05, 4.69) is 5.32 Å². The number of carbonyl (C=O) groups excluding carboxylic acids is 2. The summed E-state index contributed by atoms with van der Waals surface area (Å²) in [6, 6.07) is 16.1. The van der Waals surface area contributed by atoms with Crippen molar-refractivity contribution in [2.75, 3.05) is 5.32 Å². The molecule has 3 aromatic rings. The minimum atomic E-state index is -1.01. The molecule has 5 nitrogen and oxygen atoms in total. The lowest BCUT2D eigenvalue weighted by Crippen LogP contribution is -2.30. The van der Waals surface area contributed by atoms with Crippen LogP contribution in [-0.2, 0) is 9.53 Å². The Balaban J connectivity index is 1.76. The van der Waals surface area contributed by atoms with Gasteiger partial charge in [-0.25, -0.2) is 4.79 Å². The Labute approximate surface area is 157 Å². The molecule has 3 rings (SSSR count). The number of hydrogen-bond acceptors (Lipinski definition) is 4. The van der Waals surface area contributed by atoms with E-state index in [-0.39, 0.29) is 11.3 Å². The number of rotatable bonds is 4. The fourth-order valence-corrected chi connectivity index (χ4v) is 2.93. The van der Waals surface area contributed by atoms with Crippen molar-refractivity contribution in [2.24, 2.45) is 0 Å². The van der Waals surface area contributed by atoms with Crippen LogP contribution in [0.4, 0.5) is 5.69 Å². The van der Waals surface area contributed by atoms with Gasteiger partial charge in [-0.3, -0.25) is 4.79 Å². The molecule has 2 N–H and O–H groups in total. The first-order valence-electron chi connectivity index (χ1n) is 8.67. The molecular formula is C22H21NO4. The Bertz CT molecular complexity index is 1010. The minimum Gasteiger partial charge on any atom is -0.506 e. The van der Waals surface area contributed by atoms with Gasteiger partial charge < -0.3 is 15.2 Å². The van der Waals surface area contributed by atoms with Gasteiger partial charge in [0, 0.05) is 11.1 Å². The molecule has 0 saturated carbocycles. The summed E-state index contributed by atoms with van der Waals surface area (Å²) in [5.41, 5.74) is 2.59. The van der Waals surface area contributed by atoms with Crippen molar-refractivity contribution in [3.8, 4) is 5.75 Å². The molecule has 0 aliphatic rings. The van der Waals surface area contributed by atoms with Crippen molar-refractivity contribution in [1.82, 2.24) is 0 Å². The number of nitrogens with one attached hydrogen (secondary N) is 1. The van der Waals surface area contributed by atoms with E-state index in [1.807, 2.05) is 44.2 Å². The van der Waals surface area contributed by atoms with Crippen LogP contribution in [0, 0.1) is 13.8 Å². The van der Waals surface area contributed by atoms with Crippen LogP contribution in [0.15, 0.2) is 54.6 Å². The van der Waals surface area contributed by atoms with Gasteiger partial charge in [0.25, 0.3) is 5.91 Å².